The molecule has 0 radical (unpaired) electrons. The van der Waals surface area contributed by atoms with Gasteiger partial charge in [-0.3, -0.25) is 9.71 Å². The van der Waals surface area contributed by atoms with E-state index in [-0.39, 0.29) is 27.9 Å². The van der Waals surface area contributed by atoms with E-state index in [4.69, 9.17) is 16.3 Å². The van der Waals surface area contributed by atoms with Crippen LogP contribution in [0.3, 0.4) is 0 Å². The summed E-state index contributed by atoms with van der Waals surface area (Å²) in [4.78, 5) is 7.73. The molecule has 0 saturated carbocycles. The van der Waals surface area contributed by atoms with Gasteiger partial charge in [-0.05, 0) is 12.1 Å². The molecular weight excluding hydrogens is 395 g/mol. The predicted molar refractivity (Wildman–Crippen MR) is 89.7 cm³/mol. The number of halogens is 4. The van der Waals surface area contributed by atoms with Gasteiger partial charge in [-0.25, -0.2) is 0 Å². The van der Waals surface area contributed by atoms with Crippen molar-refractivity contribution in [1.82, 2.24) is 9.97 Å². The normalized spacial score (nSPS) is 12.2. The lowest BCUT2D eigenvalue weighted by molar-refractivity contribution is -0.0429. The van der Waals surface area contributed by atoms with E-state index >= 15 is 0 Å². The van der Waals surface area contributed by atoms with Gasteiger partial charge in [-0.1, -0.05) is 35.9 Å². The first-order chi connectivity index (χ1) is 12.2. The van der Waals surface area contributed by atoms with Crippen molar-refractivity contribution in [2.75, 3.05) is 4.72 Å². The van der Waals surface area contributed by atoms with E-state index in [2.05, 4.69) is 9.97 Å². The Morgan fingerprint density at radius 1 is 1.04 bits per heavy atom. The van der Waals surface area contributed by atoms with Crippen molar-refractivity contribution in [1.29, 1.82) is 0 Å². The third-order valence-electron chi connectivity index (χ3n) is 3.23. The SMILES string of the molecule is O=S(=O)(Nc1ccc(Oc2cncc(Cl)n2)c2ccccc12)C(F)(F)F. The maximum Gasteiger partial charge on any atom is 0.516 e. The molecule has 11 heteroatoms. The molecular formula is C15H9ClF3N3O3S. The van der Waals surface area contributed by atoms with E-state index in [1.54, 1.807) is 22.9 Å². The molecule has 0 amide bonds. The monoisotopic (exact) mass is 403 g/mol. The topological polar surface area (TPSA) is 81.2 Å². The molecule has 0 spiro atoms. The van der Waals surface area contributed by atoms with Crippen LogP contribution in [0.1, 0.15) is 0 Å². The molecule has 0 aliphatic heterocycles. The number of sulfonamides is 1. The zero-order valence-electron chi connectivity index (χ0n) is 12.7. The number of benzene rings is 2. The average Bonchev–Trinajstić information content (AvgIpc) is 2.56. The standard InChI is InChI=1S/C15H9ClF3N3O3S/c16-13-7-20-8-14(21-13)25-12-6-5-11(9-3-1-2-4-10(9)12)22-26(23,24)15(17,18)19/h1-8,22H. The molecule has 3 aromatic rings. The number of aromatic nitrogens is 2. The molecule has 0 atom stereocenters. The molecule has 0 saturated heterocycles. The molecule has 2 aromatic carbocycles. The summed E-state index contributed by atoms with van der Waals surface area (Å²) in [6.45, 7) is 0. The second-order valence-corrected chi connectivity index (χ2v) is 7.05. The smallest absolute Gasteiger partial charge is 0.437 e. The van der Waals surface area contributed by atoms with E-state index in [0.717, 1.165) is 0 Å². The molecule has 136 valence electrons. The van der Waals surface area contributed by atoms with E-state index in [1.165, 1.54) is 30.6 Å². The molecule has 1 N–H and O–H groups in total. The van der Waals surface area contributed by atoms with Crippen LogP contribution in [-0.4, -0.2) is 23.9 Å². The minimum Gasteiger partial charge on any atom is -0.437 e. The Morgan fingerprint density at radius 3 is 2.38 bits per heavy atom. The van der Waals surface area contributed by atoms with Crippen LogP contribution in [0, 0.1) is 0 Å². The summed E-state index contributed by atoms with van der Waals surface area (Å²) in [7, 11) is -5.55. The molecule has 0 bridgehead atoms. The number of fused-ring (bicyclic) bond motifs is 1. The van der Waals surface area contributed by atoms with Gasteiger partial charge in [0.15, 0.2) is 5.15 Å². The van der Waals surface area contributed by atoms with Crippen molar-refractivity contribution < 1.29 is 26.3 Å². The van der Waals surface area contributed by atoms with Crippen molar-refractivity contribution in [2.24, 2.45) is 0 Å². The Labute approximate surface area is 150 Å². The Morgan fingerprint density at radius 2 is 1.73 bits per heavy atom. The number of anilines is 1. The minimum atomic E-state index is -5.55. The second-order valence-electron chi connectivity index (χ2n) is 4.99. The highest BCUT2D eigenvalue weighted by atomic mass is 35.5. The fraction of sp³-hybridized carbons (Fsp3) is 0.0667. The Bertz CT molecular complexity index is 1070. The highest BCUT2D eigenvalue weighted by molar-refractivity contribution is 7.93. The van der Waals surface area contributed by atoms with Gasteiger partial charge in [0, 0.05) is 10.8 Å². The highest BCUT2D eigenvalue weighted by Crippen LogP contribution is 2.35. The zero-order chi connectivity index (χ0) is 18.9. The number of hydrogen-bond donors (Lipinski definition) is 1. The summed E-state index contributed by atoms with van der Waals surface area (Å²) in [6.07, 6.45) is 2.61. The molecule has 1 aromatic heterocycles. The van der Waals surface area contributed by atoms with Gasteiger partial charge in [-0.15, -0.1) is 0 Å². The number of nitrogens with zero attached hydrogens (tertiary/aromatic N) is 2. The van der Waals surface area contributed by atoms with Crippen LogP contribution >= 0.6 is 11.6 Å². The van der Waals surface area contributed by atoms with Gasteiger partial charge >= 0.3 is 15.5 Å². The predicted octanol–water partition coefficient (Wildman–Crippen LogP) is 4.34. The molecule has 26 heavy (non-hydrogen) atoms. The molecule has 3 rings (SSSR count). The van der Waals surface area contributed by atoms with Crippen molar-refractivity contribution in [3.8, 4) is 11.6 Å². The average molecular weight is 404 g/mol. The second kappa shape index (κ2) is 6.61. The van der Waals surface area contributed by atoms with Crippen LogP contribution in [-0.2, 0) is 10.0 Å². The van der Waals surface area contributed by atoms with Crippen LogP contribution in [0.4, 0.5) is 18.9 Å². The fourth-order valence-electron chi connectivity index (χ4n) is 2.14. The summed E-state index contributed by atoms with van der Waals surface area (Å²) < 4.78 is 67.7. The van der Waals surface area contributed by atoms with E-state index in [9.17, 15) is 21.6 Å². The number of rotatable bonds is 4. The van der Waals surface area contributed by atoms with Gasteiger partial charge in [0.1, 0.15) is 5.75 Å². The first-order valence-electron chi connectivity index (χ1n) is 6.93. The van der Waals surface area contributed by atoms with Crippen LogP contribution in [0.25, 0.3) is 10.8 Å². The van der Waals surface area contributed by atoms with Gasteiger partial charge in [0.05, 0.1) is 18.1 Å². The third kappa shape index (κ3) is 3.65. The molecule has 0 aliphatic carbocycles. The number of nitrogens with one attached hydrogen (secondary N) is 1. The molecule has 1 heterocycles. The van der Waals surface area contributed by atoms with Crippen molar-refractivity contribution >= 4 is 38.1 Å². The van der Waals surface area contributed by atoms with Crippen LogP contribution < -0.4 is 9.46 Å². The number of ether oxygens (including phenoxy) is 1. The van der Waals surface area contributed by atoms with Crippen molar-refractivity contribution in [3.05, 3.63) is 53.9 Å². The lowest BCUT2D eigenvalue weighted by Crippen LogP contribution is -2.29. The Hall–Kier alpha value is -2.59. The summed E-state index contributed by atoms with van der Waals surface area (Å²) in [5, 5.41) is 0.686. The molecule has 0 unspecified atom stereocenters. The summed E-state index contributed by atoms with van der Waals surface area (Å²) >= 11 is 5.73. The third-order valence-corrected chi connectivity index (χ3v) is 4.51. The van der Waals surface area contributed by atoms with Gasteiger partial charge in [0.25, 0.3) is 0 Å². The van der Waals surface area contributed by atoms with Gasteiger partial charge in [-0.2, -0.15) is 26.6 Å². The lowest BCUT2D eigenvalue weighted by atomic mass is 10.1. The van der Waals surface area contributed by atoms with Gasteiger partial charge in [0.2, 0.25) is 5.88 Å². The summed E-state index contributed by atoms with van der Waals surface area (Å²) in [5.74, 6) is 0.318. The quantitative estimate of drug-likeness (QED) is 0.701. The van der Waals surface area contributed by atoms with Crippen molar-refractivity contribution in [3.63, 3.8) is 0 Å². The minimum absolute atomic E-state index is 0.0753. The zero-order valence-corrected chi connectivity index (χ0v) is 14.2. The highest BCUT2D eigenvalue weighted by Gasteiger charge is 2.46. The number of hydrogen-bond acceptors (Lipinski definition) is 5. The molecule has 0 fully saturated rings. The summed E-state index contributed by atoms with van der Waals surface area (Å²) in [5.41, 5.74) is -5.66. The first kappa shape index (κ1) is 18.2. The molecule has 0 aliphatic rings. The van der Waals surface area contributed by atoms with E-state index < -0.39 is 15.5 Å². The van der Waals surface area contributed by atoms with Crippen LogP contribution in [0.2, 0.25) is 5.15 Å². The summed E-state index contributed by atoms with van der Waals surface area (Å²) in [6, 6.07) is 8.68. The largest absolute Gasteiger partial charge is 0.516 e. The molecule has 6 nitrogen and oxygen atoms in total. The van der Waals surface area contributed by atoms with E-state index in [0.29, 0.717) is 5.39 Å². The maximum atomic E-state index is 12.6. The fourth-order valence-corrected chi connectivity index (χ4v) is 2.86. The van der Waals surface area contributed by atoms with Crippen LogP contribution in [0.5, 0.6) is 11.6 Å². The first-order valence-corrected chi connectivity index (χ1v) is 8.80. The van der Waals surface area contributed by atoms with E-state index in [1.807, 2.05) is 0 Å². The van der Waals surface area contributed by atoms with Crippen LogP contribution in [0.15, 0.2) is 48.8 Å². The maximum absolute atomic E-state index is 12.6. The number of alkyl halides is 3. The van der Waals surface area contributed by atoms with Crippen molar-refractivity contribution in [2.45, 2.75) is 5.51 Å². The Kier molecular flexibility index (Phi) is 4.63. The lowest BCUT2D eigenvalue weighted by Gasteiger charge is -2.14. The van der Waals surface area contributed by atoms with Gasteiger partial charge < -0.3 is 4.74 Å². The Balaban J connectivity index is 2.05.